The molecular weight excluding hydrogens is 206 g/mol. The van der Waals surface area contributed by atoms with Crippen LogP contribution < -0.4 is 5.32 Å². The summed E-state index contributed by atoms with van der Waals surface area (Å²) < 4.78 is 2.08. The molecule has 0 amide bonds. The number of likely N-dealkylation sites (N-methyl/N-ethyl adjacent to an activating group) is 1. The van der Waals surface area contributed by atoms with Gasteiger partial charge in [-0.2, -0.15) is 0 Å². The molecule has 90 valence electrons. The Morgan fingerprint density at radius 3 is 3.06 bits per heavy atom. The maximum Gasteiger partial charge on any atom is 0.147 e. The Balaban J connectivity index is 1.99. The first-order chi connectivity index (χ1) is 7.67. The van der Waals surface area contributed by atoms with Gasteiger partial charge in [-0.15, -0.1) is 10.2 Å². The largest absolute Gasteiger partial charge is 0.394 e. The van der Waals surface area contributed by atoms with Crippen molar-refractivity contribution in [3.63, 3.8) is 0 Å². The van der Waals surface area contributed by atoms with Crippen LogP contribution in [0.3, 0.4) is 0 Å². The third-order valence-electron chi connectivity index (χ3n) is 3.24. The molecular formula is C10H19N5O. The molecule has 1 aliphatic rings. The molecule has 1 atom stereocenters. The lowest BCUT2D eigenvalue weighted by Crippen LogP contribution is -2.53. The average molecular weight is 225 g/mol. The number of aromatic nitrogens is 3. The van der Waals surface area contributed by atoms with E-state index in [9.17, 15) is 5.11 Å². The van der Waals surface area contributed by atoms with Gasteiger partial charge in [0.2, 0.25) is 0 Å². The van der Waals surface area contributed by atoms with Crippen molar-refractivity contribution < 1.29 is 5.11 Å². The molecule has 2 N–H and O–H groups in total. The topological polar surface area (TPSA) is 66.2 Å². The number of aliphatic hydroxyl groups is 1. The lowest BCUT2D eigenvalue weighted by molar-refractivity contribution is 0.109. The van der Waals surface area contributed by atoms with E-state index in [4.69, 9.17) is 0 Å². The standard InChI is InChI=1S/C10H19N5O/c1-10(7-16,11-2)6-14-3-4-15-8-12-13-9(15)5-14/h8,11,16H,3-7H2,1-2H3. The molecule has 0 aliphatic carbocycles. The third kappa shape index (κ3) is 2.23. The van der Waals surface area contributed by atoms with Gasteiger partial charge in [0.15, 0.2) is 0 Å². The number of nitrogens with one attached hydrogen (secondary N) is 1. The second-order valence-corrected chi connectivity index (χ2v) is 4.62. The Bertz CT molecular complexity index is 347. The summed E-state index contributed by atoms with van der Waals surface area (Å²) in [5, 5.41) is 20.5. The van der Waals surface area contributed by atoms with E-state index in [2.05, 4.69) is 25.0 Å². The van der Waals surface area contributed by atoms with Crippen LogP contribution in [0.1, 0.15) is 12.7 Å². The molecule has 0 aromatic carbocycles. The first-order valence-electron chi connectivity index (χ1n) is 5.56. The van der Waals surface area contributed by atoms with Gasteiger partial charge in [-0.1, -0.05) is 0 Å². The maximum absolute atomic E-state index is 9.35. The van der Waals surface area contributed by atoms with Crippen molar-refractivity contribution in [1.29, 1.82) is 0 Å². The fraction of sp³-hybridized carbons (Fsp3) is 0.800. The van der Waals surface area contributed by atoms with E-state index in [1.165, 1.54) is 0 Å². The SMILES string of the molecule is CNC(C)(CO)CN1CCn2cnnc2C1. The van der Waals surface area contributed by atoms with Gasteiger partial charge in [0.05, 0.1) is 18.7 Å². The minimum Gasteiger partial charge on any atom is -0.394 e. The molecule has 0 fully saturated rings. The van der Waals surface area contributed by atoms with Gasteiger partial charge < -0.3 is 15.0 Å². The van der Waals surface area contributed by atoms with Crippen molar-refractivity contribution >= 4 is 0 Å². The van der Waals surface area contributed by atoms with Gasteiger partial charge in [-0.05, 0) is 14.0 Å². The minimum atomic E-state index is -0.248. The Morgan fingerprint density at radius 2 is 2.38 bits per heavy atom. The van der Waals surface area contributed by atoms with Crippen molar-refractivity contribution in [2.45, 2.75) is 25.6 Å². The predicted octanol–water partition coefficient (Wildman–Crippen LogP) is -0.936. The van der Waals surface area contributed by atoms with E-state index in [0.717, 1.165) is 32.0 Å². The van der Waals surface area contributed by atoms with Crippen LogP contribution in [0.4, 0.5) is 0 Å². The number of fused-ring (bicyclic) bond motifs is 1. The highest BCUT2D eigenvalue weighted by Crippen LogP contribution is 2.13. The Morgan fingerprint density at radius 1 is 1.56 bits per heavy atom. The molecule has 2 heterocycles. The average Bonchev–Trinajstić information content (AvgIpc) is 2.76. The molecule has 0 saturated heterocycles. The van der Waals surface area contributed by atoms with Crippen LogP contribution in [0.2, 0.25) is 0 Å². The molecule has 0 bridgehead atoms. The molecule has 0 saturated carbocycles. The smallest absolute Gasteiger partial charge is 0.147 e. The summed E-state index contributed by atoms with van der Waals surface area (Å²) in [6.07, 6.45) is 1.77. The zero-order valence-electron chi connectivity index (χ0n) is 9.85. The zero-order valence-corrected chi connectivity index (χ0v) is 9.85. The number of nitrogens with zero attached hydrogens (tertiary/aromatic N) is 4. The second-order valence-electron chi connectivity index (χ2n) is 4.62. The molecule has 6 nitrogen and oxygen atoms in total. The first-order valence-corrected chi connectivity index (χ1v) is 5.56. The number of rotatable bonds is 4. The number of hydrogen-bond acceptors (Lipinski definition) is 5. The van der Waals surface area contributed by atoms with E-state index in [0.29, 0.717) is 0 Å². The first kappa shape index (κ1) is 11.5. The predicted molar refractivity (Wildman–Crippen MR) is 59.8 cm³/mol. The van der Waals surface area contributed by atoms with Crippen LogP contribution in [0.5, 0.6) is 0 Å². The highest BCUT2D eigenvalue weighted by Gasteiger charge is 2.27. The summed E-state index contributed by atoms with van der Waals surface area (Å²) in [5.74, 6) is 1.00. The molecule has 6 heteroatoms. The van der Waals surface area contributed by atoms with Crippen molar-refractivity contribution in [1.82, 2.24) is 25.0 Å². The molecule has 0 spiro atoms. The van der Waals surface area contributed by atoms with Crippen LogP contribution >= 0.6 is 0 Å². The molecule has 16 heavy (non-hydrogen) atoms. The van der Waals surface area contributed by atoms with E-state index in [1.807, 2.05) is 14.0 Å². The molecule has 1 unspecified atom stereocenters. The summed E-state index contributed by atoms with van der Waals surface area (Å²) >= 11 is 0. The van der Waals surface area contributed by atoms with E-state index in [-0.39, 0.29) is 12.1 Å². The van der Waals surface area contributed by atoms with Crippen LogP contribution in [0, 0.1) is 0 Å². The fourth-order valence-corrected chi connectivity index (χ4v) is 1.95. The zero-order chi connectivity index (χ0) is 11.6. The Labute approximate surface area is 95.3 Å². The fourth-order valence-electron chi connectivity index (χ4n) is 1.95. The summed E-state index contributed by atoms with van der Waals surface area (Å²) in [5.41, 5.74) is -0.248. The Hall–Kier alpha value is -0.980. The Kier molecular flexibility index (Phi) is 3.22. The molecule has 0 radical (unpaired) electrons. The highest BCUT2D eigenvalue weighted by molar-refractivity contribution is 4.93. The second kappa shape index (κ2) is 4.48. The van der Waals surface area contributed by atoms with Crippen molar-refractivity contribution in [3.8, 4) is 0 Å². The molecule has 2 rings (SSSR count). The summed E-state index contributed by atoms with van der Waals surface area (Å²) in [6.45, 7) is 5.67. The van der Waals surface area contributed by atoms with Gasteiger partial charge in [0.25, 0.3) is 0 Å². The van der Waals surface area contributed by atoms with Gasteiger partial charge in [-0.3, -0.25) is 4.90 Å². The van der Waals surface area contributed by atoms with Crippen molar-refractivity contribution in [2.75, 3.05) is 26.7 Å². The quantitative estimate of drug-likeness (QED) is 0.692. The van der Waals surface area contributed by atoms with Crippen LogP contribution in [0.15, 0.2) is 6.33 Å². The van der Waals surface area contributed by atoms with Gasteiger partial charge in [0.1, 0.15) is 12.2 Å². The normalized spacial score (nSPS) is 20.4. The van der Waals surface area contributed by atoms with Crippen LogP contribution in [0.25, 0.3) is 0 Å². The third-order valence-corrected chi connectivity index (χ3v) is 3.24. The van der Waals surface area contributed by atoms with E-state index >= 15 is 0 Å². The molecule has 1 aromatic heterocycles. The number of hydrogen-bond donors (Lipinski definition) is 2. The van der Waals surface area contributed by atoms with Gasteiger partial charge in [0, 0.05) is 19.6 Å². The van der Waals surface area contributed by atoms with Gasteiger partial charge >= 0.3 is 0 Å². The molecule has 1 aliphatic heterocycles. The number of aliphatic hydroxyl groups excluding tert-OH is 1. The van der Waals surface area contributed by atoms with Gasteiger partial charge in [-0.25, -0.2) is 0 Å². The highest BCUT2D eigenvalue weighted by atomic mass is 16.3. The van der Waals surface area contributed by atoms with E-state index < -0.39 is 0 Å². The monoisotopic (exact) mass is 225 g/mol. The lowest BCUT2D eigenvalue weighted by atomic mass is 10.0. The summed E-state index contributed by atoms with van der Waals surface area (Å²) in [7, 11) is 1.88. The maximum atomic E-state index is 9.35. The molecule has 1 aromatic rings. The summed E-state index contributed by atoms with van der Waals surface area (Å²) in [6, 6.07) is 0. The lowest BCUT2D eigenvalue weighted by Gasteiger charge is -2.35. The van der Waals surface area contributed by atoms with Crippen LogP contribution in [-0.2, 0) is 13.1 Å². The van der Waals surface area contributed by atoms with E-state index in [1.54, 1.807) is 6.33 Å². The van der Waals surface area contributed by atoms with Crippen molar-refractivity contribution in [2.24, 2.45) is 0 Å². The summed E-state index contributed by atoms with van der Waals surface area (Å²) in [4.78, 5) is 2.29. The minimum absolute atomic E-state index is 0.132. The van der Waals surface area contributed by atoms with Crippen molar-refractivity contribution in [3.05, 3.63) is 12.2 Å². The van der Waals surface area contributed by atoms with Crippen LogP contribution in [-0.4, -0.2) is 57.1 Å².